The van der Waals surface area contributed by atoms with Crippen LogP contribution in [-0.4, -0.2) is 32.3 Å². The first-order chi connectivity index (χ1) is 12.1. The summed E-state index contributed by atoms with van der Waals surface area (Å²) in [6.45, 7) is 0.802. The summed E-state index contributed by atoms with van der Waals surface area (Å²) in [4.78, 5) is 17.1. The van der Waals surface area contributed by atoms with Gasteiger partial charge in [-0.1, -0.05) is 12.1 Å². The largest absolute Gasteiger partial charge is 0.465 e. The highest BCUT2D eigenvalue weighted by Gasteiger charge is 2.28. The number of carboxylic acid groups (broad SMARTS) is 1. The molecule has 1 saturated heterocycles. The second-order valence-electron chi connectivity index (χ2n) is 5.94. The fourth-order valence-corrected chi connectivity index (χ4v) is 3.31. The molecule has 8 heteroatoms. The zero-order valence-corrected chi connectivity index (χ0v) is 13.3. The summed E-state index contributed by atoms with van der Waals surface area (Å²) in [7, 11) is 0. The van der Waals surface area contributed by atoms with Crippen LogP contribution in [0, 0.1) is 5.82 Å². The lowest BCUT2D eigenvalue weighted by molar-refractivity contribution is 0.209. The molecule has 7 nitrogen and oxygen atoms in total. The second-order valence-corrected chi connectivity index (χ2v) is 5.94. The van der Waals surface area contributed by atoms with Crippen molar-refractivity contribution in [1.82, 2.24) is 14.6 Å². The number of carbonyl (C=O) groups is 1. The molecule has 3 heterocycles. The van der Waals surface area contributed by atoms with Gasteiger partial charge in [0.25, 0.3) is 0 Å². The number of anilines is 2. The maximum absolute atomic E-state index is 13.6. The maximum atomic E-state index is 13.6. The monoisotopic (exact) mass is 341 g/mol. The van der Waals surface area contributed by atoms with Gasteiger partial charge in [0.05, 0.1) is 12.2 Å². The van der Waals surface area contributed by atoms with E-state index in [9.17, 15) is 9.18 Å². The van der Waals surface area contributed by atoms with Crippen molar-refractivity contribution in [2.75, 3.05) is 16.8 Å². The first-order valence-electron chi connectivity index (χ1n) is 7.99. The molecule has 0 bridgehead atoms. The molecule has 1 atom stereocenters. The Morgan fingerprint density at radius 2 is 2.20 bits per heavy atom. The average Bonchev–Trinajstić information content (AvgIpc) is 3.21. The molecule has 3 aromatic rings. The minimum Gasteiger partial charge on any atom is -0.465 e. The fourth-order valence-electron chi connectivity index (χ4n) is 3.31. The molecule has 0 saturated carbocycles. The smallest absolute Gasteiger partial charge is 0.410 e. The van der Waals surface area contributed by atoms with E-state index >= 15 is 0 Å². The Hall–Kier alpha value is -3.16. The van der Waals surface area contributed by atoms with Gasteiger partial charge in [-0.15, -0.1) is 5.10 Å². The van der Waals surface area contributed by atoms with E-state index in [1.54, 1.807) is 18.2 Å². The van der Waals surface area contributed by atoms with Gasteiger partial charge in [-0.2, -0.15) is 4.52 Å². The predicted octanol–water partition coefficient (Wildman–Crippen LogP) is 3.30. The van der Waals surface area contributed by atoms with Crippen LogP contribution in [0.3, 0.4) is 0 Å². The molecule has 2 aromatic heterocycles. The summed E-state index contributed by atoms with van der Waals surface area (Å²) >= 11 is 0. The van der Waals surface area contributed by atoms with Crippen LogP contribution in [0.2, 0.25) is 0 Å². The van der Waals surface area contributed by atoms with Gasteiger partial charge in [0.2, 0.25) is 0 Å². The van der Waals surface area contributed by atoms with E-state index < -0.39 is 6.09 Å². The zero-order chi connectivity index (χ0) is 17.4. The summed E-state index contributed by atoms with van der Waals surface area (Å²) < 4.78 is 15.0. The number of imidazole rings is 1. The molecular weight excluding hydrogens is 325 g/mol. The van der Waals surface area contributed by atoms with Crippen LogP contribution in [0.4, 0.5) is 20.8 Å². The SMILES string of the molecule is O=C(O)Nc1cnc2ccc(N3CCCC3c3cccc(F)c3)nn12. The number of benzene rings is 1. The topological polar surface area (TPSA) is 82.8 Å². The van der Waals surface area contributed by atoms with E-state index in [2.05, 4.69) is 20.3 Å². The molecule has 2 N–H and O–H groups in total. The lowest BCUT2D eigenvalue weighted by Gasteiger charge is -2.26. The van der Waals surface area contributed by atoms with Gasteiger partial charge in [0.15, 0.2) is 11.5 Å². The van der Waals surface area contributed by atoms with Gasteiger partial charge < -0.3 is 10.0 Å². The minimum absolute atomic E-state index is 0.0417. The minimum atomic E-state index is -1.17. The fraction of sp³-hybridized carbons (Fsp3) is 0.235. The number of nitrogens with one attached hydrogen (secondary N) is 1. The molecule has 128 valence electrons. The molecular formula is C17H16FN5O2. The van der Waals surface area contributed by atoms with Gasteiger partial charge in [0.1, 0.15) is 11.6 Å². The number of amides is 1. The van der Waals surface area contributed by atoms with E-state index in [1.165, 1.54) is 16.8 Å². The second kappa shape index (κ2) is 6.04. The first kappa shape index (κ1) is 15.4. The Kier molecular flexibility index (Phi) is 3.72. The lowest BCUT2D eigenvalue weighted by Crippen LogP contribution is -2.24. The zero-order valence-electron chi connectivity index (χ0n) is 13.3. The summed E-state index contributed by atoms with van der Waals surface area (Å²) in [5.41, 5.74) is 1.46. The Bertz CT molecular complexity index is 942. The Morgan fingerprint density at radius 1 is 1.32 bits per heavy atom. The molecule has 0 radical (unpaired) electrons. The molecule has 0 aliphatic carbocycles. The number of nitrogens with zero attached hydrogens (tertiary/aromatic N) is 4. The average molecular weight is 341 g/mol. The van der Waals surface area contributed by atoms with E-state index in [4.69, 9.17) is 5.11 Å². The highest BCUT2D eigenvalue weighted by Crippen LogP contribution is 2.35. The number of fused-ring (bicyclic) bond motifs is 1. The van der Waals surface area contributed by atoms with Crippen molar-refractivity contribution in [3.8, 4) is 0 Å². The summed E-state index contributed by atoms with van der Waals surface area (Å²) in [6, 6.07) is 10.3. The van der Waals surface area contributed by atoms with Gasteiger partial charge in [-0.05, 0) is 42.7 Å². The summed E-state index contributed by atoms with van der Waals surface area (Å²) in [5.74, 6) is 0.729. The Morgan fingerprint density at radius 3 is 3.00 bits per heavy atom. The van der Waals surface area contributed by atoms with Crippen molar-refractivity contribution in [3.05, 3.63) is 54.0 Å². The van der Waals surface area contributed by atoms with Crippen LogP contribution in [0.5, 0.6) is 0 Å². The molecule has 1 amide bonds. The van der Waals surface area contributed by atoms with E-state index in [-0.39, 0.29) is 17.7 Å². The third-order valence-electron chi connectivity index (χ3n) is 4.36. The molecule has 1 fully saturated rings. The molecule has 1 aromatic carbocycles. The Balaban J connectivity index is 1.71. The van der Waals surface area contributed by atoms with Crippen molar-refractivity contribution in [3.63, 3.8) is 0 Å². The molecule has 1 aliphatic rings. The van der Waals surface area contributed by atoms with Crippen molar-refractivity contribution >= 4 is 23.4 Å². The van der Waals surface area contributed by atoms with Crippen LogP contribution in [0.15, 0.2) is 42.6 Å². The quantitative estimate of drug-likeness (QED) is 0.764. The number of aromatic nitrogens is 3. The molecule has 25 heavy (non-hydrogen) atoms. The standard InChI is InChI=1S/C17H16FN5O2/c18-12-4-1-3-11(9-12)13-5-2-8-22(13)15-7-6-14-19-10-16(20-17(24)25)23(14)21-15/h1,3-4,6-7,9-10,13,20H,2,5,8H2,(H,24,25). The number of rotatable bonds is 3. The third-order valence-corrected chi connectivity index (χ3v) is 4.36. The van der Waals surface area contributed by atoms with Gasteiger partial charge in [-0.3, -0.25) is 5.32 Å². The highest BCUT2D eigenvalue weighted by molar-refractivity contribution is 5.82. The first-order valence-corrected chi connectivity index (χ1v) is 7.99. The third kappa shape index (κ3) is 2.86. The maximum Gasteiger partial charge on any atom is 0.410 e. The van der Waals surface area contributed by atoms with Gasteiger partial charge in [0, 0.05) is 6.54 Å². The van der Waals surface area contributed by atoms with Crippen molar-refractivity contribution < 1.29 is 14.3 Å². The summed E-state index contributed by atoms with van der Waals surface area (Å²) in [6.07, 6.45) is 2.14. The van der Waals surface area contributed by atoms with Crippen molar-refractivity contribution in [2.24, 2.45) is 0 Å². The molecule has 1 unspecified atom stereocenters. The normalized spacial score (nSPS) is 17.2. The highest BCUT2D eigenvalue weighted by atomic mass is 19.1. The van der Waals surface area contributed by atoms with Crippen LogP contribution < -0.4 is 10.2 Å². The summed E-state index contributed by atoms with van der Waals surface area (Å²) in [5, 5.41) is 15.7. The van der Waals surface area contributed by atoms with Crippen molar-refractivity contribution in [1.29, 1.82) is 0 Å². The van der Waals surface area contributed by atoms with Crippen LogP contribution in [-0.2, 0) is 0 Å². The molecule has 4 rings (SSSR count). The number of hydrogen-bond donors (Lipinski definition) is 2. The number of halogens is 1. The Labute approximate surface area is 142 Å². The molecule has 0 spiro atoms. The van der Waals surface area contributed by atoms with Crippen molar-refractivity contribution in [2.45, 2.75) is 18.9 Å². The van der Waals surface area contributed by atoms with E-state index in [1.807, 2.05) is 12.1 Å². The van der Waals surface area contributed by atoms with Crippen LogP contribution >= 0.6 is 0 Å². The van der Waals surface area contributed by atoms with E-state index in [0.29, 0.717) is 11.5 Å². The lowest BCUT2D eigenvalue weighted by atomic mass is 10.0. The van der Waals surface area contributed by atoms with E-state index in [0.717, 1.165) is 24.9 Å². The van der Waals surface area contributed by atoms with Crippen LogP contribution in [0.25, 0.3) is 5.65 Å². The predicted molar refractivity (Wildman–Crippen MR) is 90.4 cm³/mol. The number of hydrogen-bond acceptors (Lipinski definition) is 4. The van der Waals surface area contributed by atoms with Crippen LogP contribution in [0.1, 0.15) is 24.4 Å². The molecule has 1 aliphatic heterocycles. The van der Waals surface area contributed by atoms with Gasteiger partial charge >= 0.3 is 6.09 Å². The van der Waals surface area contributed by atoms with Gasteiger partial charge in [-0.25, -0.2) is 14.2 Å².